The van der Waals surface area contributed by atoms with Crippen LogP contribution in [0.3, 0.4) is 0 Å². The molecule has 0 bridgehead atoms. The van der Waals surface area contributed by atoms with Gasteiger partial charge in [0.25, 0.3) is 5.91 Å². The van der Waals surface area contributed by atoms with Crippen molar-refractivity contribution >= 4 is 5.91 Å². The lowest BCUT2D eigenvalue weighted by molar-refractivity contribution is 0.0577. The van der Waals surface area contributed by atoms with E-state index in [-0.39, 0.29) is 11.9 Å². The lowest BCUT2D eigenvalue weighted by atomic mass is 9.96. The van der Waals surface area contributed by atoms with Crippen LogP contribution < -0.4 is 15.6 Å². The van der Waals surface area contributed by atoms with Gasteiger partial charge < -0.3 is 14.7 Å². The Balaban J connectivity index is 1.37. The molecule has 3 aromatic rings. The number of hydrogen-bond acceptors (Lipinski definition) is 6. The van der Waals surface area contributed by atoms with Crippen LogP contribution in [-0.2, 0) is 6.54 Å². The summed E-state index contributed by atoms with van der Waals surface area (Å²) in [7, 11) is 1.66. The first-order valence-electron chi connectivity index (χ1n) is 12.6. The van der Waals surface area contributed by atoms with Gasteiger partial charge in [0.1, 0.15) is 5.75 Å². The Kier molecular flexibility index (Phi) is 6.83. The first-order chi connectivity index (χ1) is 17.3. The SMILES string of the molecule is COc1cc(C(=O)N2CCCC2c2cccc(-c3cnn(CC(C)(C)O)c3)c2)ccc1C1CNNC1. The van der Waals surface area contributed by atoms with Crippen molar-refractivity contribution in [3.63, 3.8) is 0 Å². The van der Waals surface area contributed by atoms with E-state index in [1.165, 1.54) is 0 Å². The predicted octanol–water partition coefficient (Wildman–Crippen LogP) is 3.50. The highest BCUT2D eigenvalue weighted by Gasteiger charge is 2.31. The molecule has 1 aromatic heterocycles. The lowest BCUT2D eigenvalue weighted by Crippen LogP contribution is -2.30. The average molecular weight is 490 g/mol. The van der Waals surface area contributed by atoms with Gasteiger partial charge in [-0.3, -0.25) is 20.3 Å². The average Bonchev–Trinajstić information content (AvgIpc) is 3.64. The number of amides is 1. The molecule has 1 atom stereocenters. The standard InChI is InChI=1S/C28H35N5O3/c1-28(2,35)18-32-17-23(16-31-32)19-6-4-7-20(12-19)25-8-5-11-33(25)27(34)21-9-10-24(26(13-21)36-3)22-14-29-30-15-22/h4,6-7,9-10,12-13,16-17,22,25,29-30,35H,5,8,11,14-15,18H2,1-3H3. The zero-order chi connectivity index (χ0) is 25.3. The van der Waals surface area contributed by atoms with Crippen molar-refractivity contribution in [2.75, 3.05) is 26.7 Å². The molecule has 0 aliphatic carbocycles. The Morgan fingerprint density at radius 1 is 1.17 bits per heavy atom. The second-order valence-corrected chi connectivity index (χ2v) is 10.4. The summed E-state index contributed by atoms with van der Waals surface area (Å²) in [6.07, 6.45) is 5.68. The van der Waals surface area contributed by atoms with Gasteiger partial charge in [-0.2, -0.15) is 5.10 Å². The number of ether oxygens (including phenoxy) is 1. The van der Waals surface area contributed by atoms with Gasteiger partial charge >= 0.3 is 0 Å². The fourth-order valence-corrected chi connectivity index (χ4v) is 5.31. The first kappa shape index (κ1) is 24.5. The summed E-state index contributed by atoms with van der Waals surface area (Å²) < 4.78 is 7.44. The Hall–Kier alpha value is -3.20. The molecule has 0 radical (unpaired) electrons. The minimum atomic E-state index is -0.832. The van der Waals surface area contributed by atoms with Gasteiger partial charge in [0, 0.05) is 42.9 Å². The van der Waals surface area contributed by atoms with Crippen molar-refractivity contribution in [2.45, 2.75) is 50.8 Å². The molecule has 5 rings (SSSR count). The van der Waals surface area contributed by atoms with Crippen molar-refractivity contribution in [2.24, 2.45) is 0 Å². The van der Waals surface area contributed by atoms with Crippen molar-refractivity contribution in [3.05, 3.63) is 71.5 Å². The van der Waals surface area contributed by atoms with Crippen molar-refractivity contribution in [1.82, 2.24) is 25.5 Å². The molecule has 190 valence electrons. The molecular formula is C28H35N5O3. The van der Waals surface area contributed by atoms with E-state index in [9.17, 15) is 9.90 Å². The summed E-state index contributed by atoms with van der Waals surface area (Å²) in [5.41, 5.74) is 10.4. The molecule has 0 saturated carbocycles. The molecule has 1 unspecified atom stereocenters. The topological polar surface area (TPSA) is 91.7 Å². The van der Waals surface area contributed by atoms with Crippen LogP contribution in [0, 0.1) is 0 Å². The number of nitrogens with one attached hydrogen (secondary N) is 2. The zero-order valence-corrected chi connectivity index (χ0v) is 21.2. The summed E-state index contributed by atoms with van der Waals surface area (Å²) in [5, 5.41) is 14.5. The van der Waals surface area contributed by atoms with E-state index in [1.807, 2.05) is 41.6 Å². The molecule has 0 spiro atoms. The van der Waals surface area contributed by atoms with E-state index in [0.717, 1.165) is 60.5 Å². The number of methoxy groups -OCH3 is 1. The van der Waals surface area contributed by atoms with Gasteiger partial charge in [-0.25, -0.2) is 0 Å². The van der Waals surface area contributed by atoms with Crippen molar-refractivity contribution < 1.29 is 14.6 Å². The molecule has 2 fully saturated rings. The molecule has 2 aliphatic heterocycles. The number of hydrazine groups is 1. The van der Waals surface area contributed by atoms with Crippen LogP contribution in [0.1, 0.15) is 60.1 Å². The van der Waals surface area contributed by atoms with E-state index in [0.29, 0.717) is 18.0 Å². The van der Waals surface area contributed by atoms with Crippen LogP contribution in [-0.4, -0.2) is 58.0 Å². The number of hydrogen-bond donors (Lipinski definition) is 3. The molecule has 2 aromatic carbocycles. The Morgan fingerprint density at radius 3 is 2.72 bits per heavy atom. The quantitative estimate of drug-likeness (QED) is 0.471. The molecule has 1 amide bonds. The maximum atomic E-state index is 13.6. The predicted molar refractivity (Wildman–Crippen MR) is 139 cm³/mol. The molecule has 3 heterocycles. The third-order valence-electron chi connectivity index (χ3n) is 7.04. The van der Waals surface area contributed by atoms with E-state index in [1.54, 1.807) is 25.6 Å². The molecule has 2 saturated heterocycles. The highest BCUT2D eigenvalue weighted by Crippen LogP contribution is 2.36. The van der Waals surface area contributed by atoms with E-state index < -0.39 is 5.60 Å². The monoisotopic (exact) mass is 489 g/mol. The van der Waals surface area contributed by atoms with Crippen LogP contribution in [0.2, 0.25) is 0 Å². The second kappa shape index (κ2) is 10.0. The number of aliphatic hydroxyl groups is 1. The summed E-state index contributed by atoms with van der Waals surface area (Å²) in [4.78, 5) is 15.6. The van der Waals surface area contributed by atoms with Gasteiger partial charge in [-0.15, -0.1) is 0 Å². The number of rotatable bonds is 7. The zero-order valence-electron chi connectivity index (χ0n) is 21.2. The van der Waals surface area contributed by atoms with Crippen LogP contribution in [0.5, 0.6) is 5.75 Å². The molecular weight excluding hydrogens is 454 g/mol. The van der Waals surface area contributed by atoms with Crippen molar-refractivity contribution in [1.29, 1.82) is 0 Å². The van der Waals surface area contributed by atoms with Crippen LogP contribution in [0.15, 0.2) is 54.9 Å². The third-order valence-corrected chi connectivity index (χ3v) is 7.04. The largest absolute Gasteiger partial charge is 0.496 e. The number of nitrogens with zero attached hydrogens (tertiary/aromatic N) is 3. The number of aromatic nitrogens is 2. The van der Waals surface area contributed by atoms with Gasteiger partial charge in [0.15, 0.2) is 0 Å². The Bertz CT molecular complexity index is 1230. The number of benzene rings is 2. The minimum absolute atomic E-state index is 0.0257. The smallest absolute Gasteiger partial charge is 0.254 e. The molecule has 3 N–H and O–H groups in total. The van der Waals surface area contributed by atoms with Gasteiger partial charge in [-0.1, -0.05) is 24.3 Å². The Morgan fingerprint density at radius 2 is 1.97 bits per heavy atom. The highest BCUT2D eigenvalue weighted by atomic mass is 16.5. The minimum Gasteiger partial charge on any atom is -0.496 e. The molecule has 36 heavy (non-hydrogen) atoms. The molecule has 2 aliphatic rings. The number of carbonyl (C=O) groups is 1. The molecule has 8 heteroatoms. The van der Waals surface area contributed by atoms with Gasteiger partial charge in [0.05, 0.1) is 31.5 Å². The molecule has 8 nitrogen and oxygen atoms in total. The maximum absolute atomic E-state index is 13.6. The van der Waals surface area contributed by atoms with Gasteiger partial charge in [-0.05, 0) is 61.6 Å². The summed E-state index contributed by atoms with van der Waals surface area (Å²) >= 11 is 0. The van der Waals surface area contributed by atoms with E-state index in [4.69, 9.17) is 4.74 Å². The summed E-state index contributed by atoms with van der Waals surface area (Å²) in [5.74, 6) is 1.12. The fourth-order valence-electron chi connectivity index (χ4n) is 5.31. The highest BCUT2D eigenvalue weighted by molar-refractivity contribution is 5.95. The normalized spacial score (nSPS) is 18.7. The lowest BCUT2D eigenvalue weighted by Gasteiger charge is -2.26. The van der Waals surface area contributed by atoms with Crippen molar-refractivity contribution in [3.8, 4) is 16.9 Å². The summed E-state index contributed by atoms with van der Waals surface area (Å²) in [6.45, 7) is 6.38. The van der Waals surface area contributed by atoms with Crippen LogP contribution in [0.25, 0.3) is 11.1 Å². The Labute approximate surface area is 212 Å². The second-order valence-electron chi connectivity index (χ2n) is 10.4. The maximum Gasteiger partial charge on any atom is 0.254 e. The first-order valence-corrected chi connectivity index (χ1v) is 12.6. The number of likely N-dealkylation sites (tertiary alicyclic amines) is 1. The van der Waals surface area contributed by atoms with Crippen LogP contribution >= 0.6 is 0 Å². The van der Waals surface area contributed by atoms with E-state index >= 15 is 0 Å². The number of carbonyl (C=O) groups excluding carboxylic acids is 1. The third kappa shape index (κ3) is 5.16. The fraction of sp³-hybridized carbons (Fsp3) is 0.429. The summed E-state index contributed by atoms with van der Waals surface area (Å²) in [6, 6.07) is 14.2. The van der Waals surface area contributed by atoms with E-state index in [2.05, 4.69) is 34.1 Å². The van der Waals surface area contributed by atoms with Crippen LogP contribution in [0.4, 0.5) is 0 Å². The van der Waals surface area contributed by atoms with Gasteiger partial charge in [0.2, 0.25) is 0 Å².